The van der Waals surface area contributed by atoms with E-state index in [-0.39, 0.29) is 30.7 Å². The van der Waals surface area contributed by atoms with Gasteiger partial charge in [-0.15, -0.1) is 24.8 Å². The lowest BCUT2D eigenvalue weighted by molar-refractivity contribution is 0.0950. The largest absolute Gasteiger partial charge is 0.467 e. The second-order valence-corrected chi connectivity index (χ2v) is 6.94. The zero-order valence-corrected chi connectivity index (χ0v) is 17.3. The minimum atomic E-state index is -0.134. The third kappa shape index (κ3) is 6.54. The second kappa shape index (κ2) is 11.3. The molecule has 0 aliphatic carbocycles. The molecule has 1 fully saturated rings. The Morgan fingerprint density at radius 3 is 2.70 bits per heavy atom. The number of amides is 1. The van der Waals surface area contributed by atoms with E-state index < -0.39 is 0 Å². The number of nitrogens with zero attached hydrogens (tertiary/aromatic N) is 1. The Morgan fingerprint density at radius 2 is 2.04 bits per heavy atom. The molecule has 1 saturated heterocycles. The number of furan rings is 1. The standard InChI is InChI=1S/C20H27N3O2.2ClH/c1-15-5-4-8-23(12-15)13-17-7-3-2-6-16(17)11-22-20(24)18-9-19(10-21)25-14-18;;/h2-3,6-7,9,14-15H,4-5,8,10-13,21H2,1H3,(H,22,24);2*1H. The highest BCUT2D eigenvalue weighted by Crippen LogP contribution is 2.19. The van der Waals surface area contributed by atoms with Gasteiger partial charge < -0.3 is 15.5 Å². The van der Waals surface area contributed by atoms with Gasteiger partial charge in [-0.25, -0.2) is 0 Å². The van der Waals surface area contributed by atoms with Gasteiger partial charge in [-0.2, -0.15) is 0 Å². The molecule has 7 heteroatoms. The number of piperidine rings is 1. The van der Waals surface area contributed by atoms with Crippen LogP contribution < -0.4 is 11.1 Å². The van der Waals surface area contributed by atoms with Crippen molar-refractivity contribution < 1.29 is 9.21 Å². The number of carbonyl (C=O) groups is 1. The number of halogens is 2. The number of benzene rings is 1. The predicted molar refractivity (Wildman–Crippen MR) is 112 cm³/mol. The van der Waals surface area contributed by atoms with E-state index in [2.05, 4.69) is 35.3 Å². The van der Waals surface area contributed by atoms with Crippen LogP contribution in [0.5, 0.6) is 0 Å². The summed E-state index contributed by atoms with van der Waals surface area (Å²) >= 11 is 0. The van der Waals surface area contributed by atoms with E-state index in [0.29, 0.717) is 24.4 Å². The summed E-state index contributed by atoms with van der Waals surface area (Å²) in [6, 6.07) is 10.0. The van der Waals surface area contributed by atoms with Crippen molar-refractivity contribution in [2.24, 2.45) is 11.7 Å². The van der Waals surface area contributed by atoms with E-state index in [1.165, 1.54) is 24.7 Å². The van der Waals surface area contributed by atoms with E-state index >= 15 is 0 Å². The highest BCUT2D eigenvalue weighted by atomic mass is 35.5. The average molecular weight is 414 g/mol. The third-order valence-electron chi connectivity index (χ3n) is 4.81. The predicted octanol–water partition coefficient (Wildman–Crippen LogP) is 3.74. The van der Waals surface area contributed by atoms with Crippen LogP contribution in [0, 0.1) is 5.92 Å². The van der Waals surface area contributed by atoms with Crippen LogP contribution >= 0.6 is 24.8 Å². The highest BCUT2D eigenvalue weighted by Gasteiger charge is 2.17. The summed E-state index contributed by atoms with van der Waals surface area (Å²) in [5.74, 6) is 1.24. The fourth-order valence-electron chi connectivity index (χ4n) is 3.44. The highest BCUT2D eigenvalue weighted by molar-refractivity contribution is 5.93. The minimum Gasteiger partial charge on any atom is -0.467 e. The van der Waals surface area contributed by atoms with Crippen LogP contribution in [-0.4, -0.2) is 23.9 Å². The van der Waals surface area contributed by atoms with Crippen LogP contribution in [0.3, 0.4) is 0 Å². The smallest absolute Gasteiger partial charge is 0.254 e. The number of hydrogen-bond donors (Lipinski definition) is 2. The summed E-state index contributed by atoms with van der Waals surface area (Å²) in [6.07, 6.45) is 4.05. The van der Waals surface area contributed by atoms with Gasteiger partial charge in [0.25, 0.3) is 5.91 Å². The second-order valence-electron chi connectivity index (χ2n) is 6.94. The summed E-state index contributed by atoms with van der Waals surface area (Å²) in [6.45, 7) is 6.38. The fraction of sp³-hybridized carbons (Fsp3) is 0.450. The molecule has 3 N–H and O–H groups in total. The molecule has 1 aromatic heterocycles. The van der Waals surface area contributed by atoms with Gasteiger partial charge in [0.05, 0.1) is 12.1 Å². The Hall–Kier alpha value is -1.53. The average Bonchev–Trinajstić information content (AvgIpc) is 3.10. The van der Waals surface area contributed by atoms with Crippen LogP contribution in [-0.2, 0) is 19.6 Å². The molecule has 2 heterocycles. The Balaban J connectivity index is 0.00000182. The molecule has 27 heavy (non-hydrogen) atoms. The monoisotopic (exact) mass is 413 g/mol. The number of nitrogens with one attached hydrogen (secondary N) is 1. The van der Waals surface area contributed by atoms with Crippen molar-refractivity contribution in [1.82, 2.24) is 10.2 Å². The van der Waals surface area contributed by atoms with Crippen molar-refractivity contribution in [3.05, 3.63) is 59.0 Å². The Bertz CT molecular complexity index is 721. The van der Waals surface area contributed by atoms with Crippen LogP contribution in [0.25, 0.3) is 0 Å². The van der Waals surface area contributed by atoms with Crippen LogP contribution in [0.4, 0.5) is 0 Å². The van der Waals surface area contributed by atoms with Gasteiger partial charge in [0.15, 0.2) is 0 Å². The topological polar surface area (TPSA) is 71.5 Å². The number of carbonyl (C=O) groups excluding carboxylic acids is 1. The van der Waals surface area contributed by atoms with Crippen molar-refractivity contribution in [3.8, 4) is 0 Å². The maximum Gasteiger partial charge on any atom is 0.254 e. The van der Waals surface area contributed by atoms with Crippen LogP contribution in [0.1, 0.15) is 47.0 Å². The summed E-state index contributed by atoms with van der Waals surface area (Å²) in [4.78, 5) is 14.8. The summed E-state index contributed by atoms with van der Waals surface area (Å²) in [7, 11) is 0. The SMILES string of the molecule is CC1CCCN(Cc2ccccc2CNC(=O)c2coc(CN)c2)C1.Cl.Cl. The molecule has 1 aliphatic rings. The van der Waals surface area contributed by atoms with Gasteiger partial charge in [-0.05, 0) is 42.5 Å². The molecule has 1 atom stereocenters. The molecule has 1 aromatic carbocycles. The summed E-state index contributed by atoms with van der Waals surface area (Å²) in [5, 5.41) is 2.98. The number of rotatable bonds is 6. The number of nitrogens with two attached hydrogens (primary N) is 1. The van der Waals surface area contributed by atoms with Gasteiger partial charge in [-0.1, -0.05) is 31.2 Å². The first-order valence-electron chi connectivity index (χ1n) is 9.00. The molecule has 150 valence electrons. The van der Waals surface area contributed by atoms with Crippen molar-refractivity contribution in [1.29, 1.82) is 0 Å². The van der Waals surface area contributed by atoms with E-state index in [9.17, 15) is 4.79 Å². The first-order valence-corrected chi connectivity index (χ1v) is 9.00. The normalized spacial score (nSPS) is 16.9. The first kappa shape index (κ1) is 23.5. The zero-order chi connectivity index (χ0) is 17.6. The lowest BCUT2D eigenvalue weighted by Crippen LogP contribution is -2.34. The maximum absolute atomic E-state index is 12.3. The van der Waals surface area contributed by atoms with Crippen molar-refractivity contribution in [2.75, 3.05) is 13.1 Å². The van der Waals surface area contributed by atoms with E-state index in [4.69, 9.17) is 10.2 Å². The number of hydrogen-bond acceptors (Lipinski definition) is 4. The molecule has 0 spiro atoms. The van der Waals surface area contributed by atoms with Crippen molar-refractivity contribution in [3.63, 3.8) is 0 Å². The molecular weight excluding hydrogens is 385 g/mol. The van der Waals surface area contributed by atoms with Gasteiger partial charge >= 0.3 is 0 Å². The quantitative estimate of drug-likeness (QED) is 0.756. The lowest BCUT2D eigenvalue weighted by Gasteiger charge is -2.31. The molecule has 1 amide bonds. The van der Waals surface area contributed by atoms with Crippen molar-refractivity contribution in [2.45, 2.75) is 39.4 Å². The molecule has 3 rings (SSSR count). The summed E-state index contributed by atoms with van der Waals surface area (Å²) < 4.78 is 5.23. The van der Waals surface area contributed by atoms with Gasteiger partial charge in [0.2, 0.25) is 0 Å². The Morgan fingerprint density at radius 1 is 1.30 bits per heavy atom. The van der Waals surface area contributed by atoms with Gasteiger partial charge in [-0.3, -0.25) is 9.69 Å². The zero-order valence-electron chi connectivity index (χ0n) is 15.6. The van der Waals surface area contributed by atoms with Crippen LogP contribution in [0.2, 0.25) is 0 Å². The minimum absolute atomic E-state index is 0. The van der Waals surface area contributed by atoms with Gasteiger partial charge in [0, 0.05) is 19.6 Å². The summed E-state index contributed by atoms with van der Waals surface area (Å²) in [5.41, 5.74) is 8.48. The maximum atomic E-state index is 12.3. The molecule has 1 aliphatic heterocycles. The fourth-order valence-corrected chi connectivity index (χ4v) is 3.44. The molecule has 0 saturated carbocycles. The molecule has 2 aromatic rings. The Labute approximate surface area is 173 Å². The van der Waals surface area contributed by atoms with Crippen molar-refractivity contribution >= 4 is 30.7 Å². The van der Waals surface area contributed by atoms with E-state index in [1.807, 2.05) is 6.07 Å². The van der Waals surface area contributed by atoms with E-state index in [0.717, 1.165) is 31.1 Å². The lowest BCUT2D eigenvalue weighted by atomic mass is 9.99. The molecule has 5 nitrogen and oxygen atoms in total. The van der Waals surface area contributed by atoms with Crippen LogP contribution in [0.15, 0.2) is 41.0 Å². The molecular formula is C20H29Cl2N3O2. The van der Waals surface area contributed by atoms with Gasteiger partial charge in [0.1, 0.15) is 12.0 Å². The molecule has 0 bridgehead atoms. The Kier molecular flexibility index (Phi) is 9.88. The molecule has 1 unspecified atom stereocenters. The third-order valence-corrected chi connectivity index (χ3v) is 4.81. The number of likely N-dealkylation sites (tertiary alicyclic amines) is 1. The van der Waals surface area contributed by atoms with E-state index in [1.54, 1.807) is 6.07 Å². The molecule has 0 radical (unpaired) electrons. The first-order chi connectivity index (χ1) is 12.2.